The third-order valence-corrected chi connectivity index (χ3v) is 4.99. The second-order valence-corrected chi connectivity index (χ2v) is 7.27. The van der Waals surface area contributed by atoms with E-state index in [4.69, 9.17) is 9.15 Å². The van der Waals surface area contributed by atoms with Crippen LogP contribution in [0.4, 0.5) is 13.2 Å². The number of nitrogens with one attached hydrogen (secondary N) is 1. The number of alkyl halides is 3. The number of furan rings is 1. The van der Waals surface area contributed by atoms with Crippen LogP contribution in [0.5, 0.6) is 5.88 Å². The Morgan fingerprint density at radius 3 is 2.54 bits per heavy atom. The number of hydrogen-bond acceptors (Lipinski definition) is 6. The molecule has 0 fully saturated rings. The fraction of sp³-hybridized carbons (Fsp3) is 0.176. The summed E-state index contributed by atoms with van der Waals surface area (Å²) in [5, 5.41) is 7.75. The Morgan fingerprint density at radius 1 is 1.07 bits per heavy atom. The van der Waals surface area contributed by atoms with Crippen molar-refractivity contribution in [2.24, 2.45) is 0 Å². The van der Waals surface area contributed by atoms with Crippen LogP contribution in [-0.2, 0) is 16.2 Å². The Kier molecular flexibility index (Phi) is 5.66. The van der Waals surface area contributed by atoms with Gasteiger partial charge in [0, 0.05) is 12.6 Å². The summed E-state index contributed by atoms with van der Waals surface area (Å²) in [4.78, 5) is -0.482. The van der Waals surface area contributed by atoms with E-state index in [0.717, 1.165) is 18.2 Å². The first-order valence-electron chi connectivity index (χ1n) is 7.93. The summed E-state index contributed by atoms with van der Waals surface area (Å²) in [7, 11) is -4.11. The Morgan fingerprint density at radius 2 is 1.89 bits per heavy atom. The molecule has 148 valence electrons. The van der Waals surface area contributed by atoms with Crippen LogP contribution >= 0.6 is 0 Å². The molecular weight excluding hydrogens is 399 g/mol. The smallest absolute Gasteiger partial charge is 0.416 e. The van der Waals surface area contributed by atoms with Gasteiger partial charge in [0.25, 0.3) is 0 Å². The van der Waals surface area contributed by atoms with Gasteiger partial charge in [-0.1, -0.05) is 6.07 Å². The number of sulfonamides is 1. The molecule has 3 aromatic rings. The van der Waals surface area contributed by atoms with E-state index in [0.29, 0.717) is 17.5 Å². The number of halogens is 3. The van der Waals surface area contributed by atoms with Gasteiger partial charge >= 0.3 is 6.18 Å². The minimum Gasteiger partial charge on any atom is -0.475 e. The number of rotatable bonds is 7. The molecule has 2 heterocycles. The molecule has 0 radical (unpaired) electrons. The Bertz CT molecular complexity index is 1020. The number of ether oxygens (including phenoxy) is 1. The maximum Gasteiger partial charge on any atom is 0.416 e. The van der Waals surface area contributed by atoms with Crippen molar-refractivity contribution in [2.75, 3.05) is 13.2 Å². The van der Waals surface area contributed by atoms with E-state index in [-0.39, 0.29) is 19.0 Å². The number of nitrogens with zero attached hydrogens (tertiary/aromatic N) is 2. The van der Waals surface area contributed by atoms with Gasteiger partial charge in [-0.05, 0) is 36.4 Å². The minimum atomic E-state index is -4.63. The highest BCUT2D eigenvalue weighted by Crippen LogP contribution is 2.30. The van der Waals surface area contributed by atoms with Gasteiger partial charge in [-0.2, -0.15) is 13.2 Å². The number of benzene rings is 1. The second kappa shape index (κ2) is 7.98. The molecular formula is C17H14F3N3O4S. The molecule has 7 nitrogen and oxygen atoms in total. The number of hydrogen-bond donors (Lipinski definition) is 1. The van der Waals surface area contributed by atoms with Gasteiger partial charge in [0.1, 0.15) is 12.3 Å². The van der Waals surface area contributed by atoms with E-state index < -0.39 is 26.7 Å². The van der Waals surface area contributed by atoms with E-state index in [2.05, 4.69) is 14.9 Å². The Labute approximate surface area is 158 Å². The molecule has 3 rings (SSSR count). The van der Waals surface area contributed by atoms with E-state index >= 15 is 0 Å². The molecule has 0 unspecified atom stereocenters. The molecule has 0 atom stereocenters. The normalized spacial score (nSPS) is 12.1. The third-order valence-electron chi connectivity index (χ3n) is 3.53. The van der Waals surface area contributed by atoms with E-state index in [1.54, 1.807) is 18.2 Å². The number of aromatic nitrogens is 2. The van der Waals surface area contributed by atoms with Crippen molar-refractivity contribution in [3.8, 4) is 17.3 Å². The lowest BCUT2D eigenvalue weighted by molar-refractivity contribution is -0.137. The van der Waals surface area contributed by atoms with E-state index in [1.807, 2.05) is 0 Å². The maximum atomic E-state index is 12.7. The zero-order valence-electron chi connectivity index (χ0n) is 14.2. The summed E-state index contributed by atoms with van der Waals surface area (Å²) < 4.78 is 75.0. The van der Waals surface area contributed by atoms with Crippen LogP contribution in [-0.4, -0.2) is 31.8 Å². The highest BCUT2D eigenvalue weighted by atomic mass is 32.2. The third kappa shape index (κ3) is 4.87. The van der Waals surface area contributed by atoms with Crippen molar-refractivity contribution < 1.29 is 30.7 Å². The maximum absolute atomic E-state index is 12.7. The molecule has 0 bridgehead atoms. The fourth-order valence-corrected chi connectivity index (χ4v) is 3.27. The topological polar surface area (TPSA) is 94.3 Å². The predicted molar refractivity (Wildman–Crippen MR) is 91.9 cm³/mol. The standard InChI is InChI=1S/C17H14F3N3O4S/c18-17(19,20)12-3-1-4-13(11-12)28(24,25)21-8-10-27-16-7-6-14(22-23-16)15-5-2-9-26-15/h1-7,9,11,21H,8,10H2. The monoisotopic (exact) mass is 413 g/mol. The zero-order valence-corrected chi connectivity index (χ0v) is 15.0. The highest BCUT2D eigenvalue weighted by Gasteiger charge is 2.31. The van der Waals surface area contributed by atoms with Gasteiger partial charge in [-0.3, -0.25) is 0 Å². The molecule has 0 aliphatic heterocycles. The van der Waals surface area contributed by atoms with E-state index in [9.17, 15) is 21.6 Å². The quantitative estimate of drug-likeness (QED) is 0.598. The Balaban J connectivity index is 1.54. The van der Waals surface area contributed by atoms with Crippen molar-refractivity contribution in [2.45, 2.75) is 11.1 Å². The molecule has 0 amide bonds. The summed E-state index contributed by atoms with van der Waals surface area (Å²) in [6, 6.07) is 10.1. The summed E-state index contributed by atoms with van der Waals surface area (Å²) >= 11 is 0. The van der Waals surface area contributed by atoms with Crippen molar-refractivity contribution >= 4 is 10.0 Å². The lowest BCUT2D eigenvalue weighted by Gasteiger charge is -2.10. The fourth-order valence-electron chi connectivity index (χ4n) is 2.21. The van der Waals surface area contributed by atoms with Gasteiger partial charge in [0.2, 0.25) is 15.9 Å². The summed E-state index contributed by atoms with van der Waals surface area (Å²) in [6.45, 7) is -0.257. The van der Waals surface area contributed by atoms with Crippen molar-refractivity contribution in [1.29, 1.82) is 0 Å². The van der Waals surface area contributed by atoms with Gasteiger partial charge in [0.05, 0.1) is 16.7 Å². The average Bonchev–Trinajstić information content (AvgIpc) is 3.20. The lowest BCUT2D eigenvalue weighted by Crippen LogP contribution is -2.28. The molecule has 1 aromatic carbocycles. The first kappa shape index (κ1) is 19.8. The molecule has 28 heavy (non-hydrogen) atoms. The largest absolute Gasteiger partial charge is 0.475 e. The van der Waals surface area contributed by atoms with Crippen LogP contribution in [0.25, 0.3) is 11.5 Å². The average molecular weight is 413 g/mol. The molecule has 1 N–H and O–H groups in total. The molecule has 0 aliphatic rings. The van der Waals surface area contributed by atoms with Crippen LogP contribution < -0.4 is 9.46 Å². The van der Waals surface area contributed by atoms with Crippen molar-refractivity contribution in [1.82, 2.24) is 14.9 Å². The molecule has 0 saturated carbocycles. The summed E-state index contributed by atoms with van der Waals surface area (Å²) in [5.41, 5.74) is -0.541. The van der Waals surface area contributed by atoms with E-state index in [1.165, 1.54) is 12.3 Å². The highest BCUT2D eigenvalue weighted by molar-refractivity contribution is 7.89. The van der Waals surface area contributed by atoms with Crippen molar-refractivity contribution in [3.05, 3.63) is 60.4 Å². The predicted octanol–water partition coefficient (Wildman–Crippen LogP) is 3.11. The van der Waals surface area contributed by atoms with Crippen LogP contribution in [0, 0.1) is 0 Å². The first-order valence-corrected chi connectivity index (χ1v) is 9.41. The molecule has 0 saturated heterocycles. The van der Waals surface area contributed by atoms with Gasteiger partial charge < -0.3 is 9.15 Å². The van der Waals surface area contributed by atoms with Crippen molar-refractivity contribution in [3.63, 3.8) is 0 Å². The molecule has 0 spiro atoms. The SMILES string of the molecule is O=S(=O)(NCCOc1ccc(-c2ccco2)nn1)c1cccc(C(F)(F)F)c1. The molecule has 11 heteroatoms. The minimum absolute atomic E-state index is 0.0903. The second-order valence-electron chi connectivity index (χ2n) is 5.51. The molecule has 0 aliphatic carbocycles. The zero-order chi connectivity index (χ0) is 20.2. The van der Waals surface area contributed by atoms with Crippen LogP contribution in [0.2, 0.25) is 0 Å². The van der Waals surface area contributed by atoms with Gasteiger partial charge in [-0.15, -0.1) is 10.2 Å². The van der Waals surface area contributed by atoms with Gasteiger partial charge in [0.15, 0.2) is 5.76 Å². The van der Waals surface area contributed by atoms with Crippen LogP contribution in [0.15, 0.2) is 64.1 Å². The van der Waals surface area contributed by atoms with Crippen LogP contribution in [0.3, 0.4) is 0 Å². The summed E-state index contributed by atoms with van der Waals surface area (Å²) in [6.07, 6.45) is -3.13. The molecule has 2 aromatic heterocycles. The van der Waals surface area contributed by atoms with Gasteiger partial charge in [-0.25, -0.2) is 13.1 Å². The lowest BCUT2D eigenvalue weighted by atomic mass is 10.2. The summed E-state index contributed by atoms with van der Waals surface area (Å²) in [5.74, 6) is 0.696. The first-order chi connectivity index (χ1) is 13.3. The Hall–Kier alpha value is -2.92. The van der Waals surface area contributed by atoms with Crippen LogP contribution in [0.1, 0.15) is 5.56 Å².